The van der Waals surface area contributed by atoms with Crippen molar-refractivity contribution in [2.75, 3.05) is 11.4 Å². The van der Waals surface area contributed by atoms with E-state index in [1.54, 1.807) is 36.4 Å². The van der Waals surface area contributed by atoms with Gasteiger partial charge in [-0.05, 0) is 115 Å². The third-order valence-corrected chi connectivity index (χ3v) is 13.6. The molecule has 0 fully saturated rings. The van der Waals surface area contributed by atoms with Crippen LogP contribution in [0.4, 0.5) is 11.4 Å². The Balaban J connectivity index is 1.18. The lowest BCUT2D eigenvalue weighted by Gasteiger charge is -2.30. The molecule has 0 aliphatic rings. The van der Waals surface area contributed by atoms with Crippen LogP contribution in [0, 0.1) is 12.3 Å². The van der Waals surface area contributed by atoms with Gasteiger partial charge in [0.15, 0.2) is 63.3 Å². The van der Waals surface area contributed by atoms with E-state index in [0.717, 1.165) is 33.4 Å². The van der Waals surface area contributed by atoms with Crippen molar-refractivity contribution < 1.29 is 56.2 Å². The van der Waals surface area contributed by atoms with E-state index in [9.17, 15) is 56.2 Å². The van der Waals surface area contributed by atoms with Gasteiger partial charge in [-0.15, -0.1) is 6.42 Å². The second kappa shape index (κ2) is 21.6. The number of anilines is 2. The van der Waals surface area contributed by atoms with Gasteiger partial charge in [-0.25, -0.2) is 0 Å². The SMILES string of the molecule is C#C/C(O)=C(\C(O)=C(\O)CN(c1c(O)c(O)c(-c2cc(-c3ccccc3)cc(-c3ccccc3)c2)c(O)c1O)c1c(O)c(O)c(-c2cc(-c3ccccc3)cc(-c3ccccc3)c2)c(O)c1O)c1ccc(-c2ccccc2)cc1. The van der Waals surface area contributed by atoms with E-state index >= 15 is 0 Å². The Hall–Kier alpha value is -11.2. The highest BCUT2D eigenvalue weighted by Crippen LogP contribution is 2.62. The summed E-state index contributed by atoms with van der Waals surface area (Å²) in [6.07, 6.45) is 5.67. The summed E-state index contributed by atoms with van der Waals surface area (Å²) in [6.45, 7) is -1.24. The Bertz CT molecular complexity index is 3660. The maximum atomic E-state index is 12.3. The van der Waals surface area contributed by atoms with Crippen LogP contribution in [0.3, 0.4) is 0 Å². The molecule has 0 aliphatic carbocycles. The van der Waals surface area contributed by atoms with Gasteiger partial charge in [0.2, 0.25) is 0 Å². The number of rotatable bonds is 13. The predicted octanol–water partition coefficient (Wildman–Crippen LogP) is 15.1. The minimum absolute atomic E-state index is 0.0987. The summed E-state index contributed by atoms with van der Waals surface area (Å²) in [5.74, 6) is -10.1. The first-order chi connectivity index (χ1) is 38.2. The Morgan fingerprint density at radius 3 is 0.886 bits per heavy atom. The third kappa shape index (κ3) is 9.86. The molecule has 0 saturated carbocycles. The van der Waals surface area contributed by atoms with Gasteiger partial charge in [0, 0.05) is 0 Å². The highest BCUT2D eigenvalue weighted by molar-refractivity contribution is 5.99. The second-order valence-electron chi connectivity index (χ2n) is 18.5. The molecule has 10 aromatic rings. The standard InChI is InChI=1S/C67H49NO11/c1-2-52(69)54(45-30-28-44(29-31-45)39-18-8-3-9-19-39)59(71)53(70)38-68(57-64(76)60(72)55(61(73)65(57)77)50-34-46(40-20-10-4-11-21-40)32-47(35-50)41-22-12-5-13-23-41)58-66(78)62(74)56(63(75)67(58)79)51-36-48(42-24-14-6-15-25-42)33-49(37-51)43-26-16-7-17-27-43/h1,3-37,69-79H,38H2/b54-52+,59-53-. The number of aliphatic hydroxyl groups is 3. The number of nitrogens with zero attached hydrogens (tertiary/aromatic N) is 1. The summed E-state index contributed by atoms with van der Waals surface area (Å²) in [6, 6.07) is 62.6. The molecule has 0 unspecified atom stereocenters. The predicted molar refractivity (Wildman–Crippen MR) is 308 cm³/mol. The van der Waals surface area contributed by atoms with Crippen LogP contribution < -0.4 is 4.90 Å². The molecule has 0 saturated heterocycles. The lowest BCUT2D eigenvalue weighted by atomic mass is 9.91. The van der Waals surface area contributed by atoms with Gasteiger partial charge in [-0.1, -0.05) is 176 Å². The fourth-order valence-electron chi connectivity index (χ4n) is 9.72. The van der Waals surface area contributed by atoms with Crippen molar-refractivity contribution in [3.8, 4) is 136 Å². The Morgan fingerprint density at radius 2 is 0.595 bits per heavy atom. The second-order valence-corrected chi connectivity index (χ2v) is 18.5. The molecule has 388 valence electrons. The number of allylic oxidation sites excluding steroid dienone is 2. The minimum Gasteiger partial charge on any atom is -0.507 e. The molecule has 0 atom stereocenters. The van der Waals surface area contributed by atoms with E-state index in [0.29, 0.717) is 27.2 Å². The van der Waals surface area contributed by atoms with Gasteiger partial charge in [-0.3, -0.25) is 0 Å². The van der Waals surface area contributed by atoms with Crippen molar-refractivity contribution in [2.45, 2.75) is 0 Å². The number of benzene rings is 10. The van der Waals surface area contributed by atoms with Crippen molar-refractivity contribution in [1.29, 1.82) is 0 Å². The lowest BCUT2D eigenvalue weighted by molar-refractivity contribution is 0.330. The smallest absolute Gasteiger partial charge is 0.186 e. The summed E-state index contributed by atoms with van der Waals surface area (Å²) in [5, 5.41) is 133. The normalized spacial score (nSPS) is 11.8. The monoisotopic (exact) mass is 1040 g/mol. The highest BCUT2D eigenvalue weighted by atomic mass is 16.3. The third-order valence-electron chi connectivity index (χ3n) is 13.6. The van der Waals surface area contributed by atoms with Crippen LogP contribution in [0.15, 0.2) is 230 Å². The molecule has 79 heavy (non-hydrogen) atoms. The van der Waals surface area contributed by atoms with E-state index in [4.69, 9.17) is 6.42 Å². The first-order valence-electron chi connectivity index (χ1n) is 24.7. The summed E-state index contributed by atoms with van der Waals surface area (Å²) < 4.78 is 0. The van der Waals surface area contributed by atoms with E-state index in [2.05, 4.69) is 5.92 Å². The fraction of sp³-hybridized carbons (Fsp3) is 0.0149. The zero-order valence-electron chi connectivity index (χ0n) is 41.9. The molecule has 0 radical (unpaired) electrons. The van der Waals surface area contributed by atoms with E-state index < -0.39 is 97.9 Å². The molecule has 11 N–H and O–H groups in total. The molecule has 0 bridgehead atoms. The average molecular weight is 1040 g/mol. The number of aromatic hydroxyl groups is 8. The van der Waals surface area contributed by atoms with Gasteiger partial charge < -0.3 is 61.1 Å². The van der Waals surface area contributed by atoms with Gasteiger partial charge in [-0.2, -0.15) is 0 Å². The summed E-state index contributed by atoms with van der Waals surface area (Å²) >= 11 is 0. The van der Waals surface area contributed by atoms with Crippen LogP contribution >= 0.6 is 0 Å². The molecule has 0 amide bonds. The minimum atomic E-state index is -1.24. The highest BCUT2D eigenvalue weighted by Gasteiger charge is 2.36. The van der Waals surface area contributed by atoms with Crippen LogP contribution in [0.2, 0.25) is 0 Å². The summed E-state index contributed by atoms with van der Waals surface area (Å²) in [7, 11) is 0. The van der Waals surface area contributed by atoms with E-state index in [1.165, 1.54) is 12.1 Å². The first-order valence-corrected chi connectivity index (χ1v) is 24.7. The zero-order chi connectivity index (χ0) is 55.5. The number of phenolic OH excluding ortho intramolecular Hbond substituents is 8. The van der Waals surface area contributed by atoms with Crippen LogP contribution in [0.1, 0.15) is 5.56 Å². The zero-order valence-corrected chi connectivity index (χ0v) is 41.9. The molecule has 0 spiro atoms. The van der Waals surface area contributed by atoms with Crippen LogP contribution in [-0.4, -0.2) is 62.7 Å². The molecular weight excluding hydrogens is 995 g/mol. The number of hydrogen-bond donors (Lipinski definition) is 11. The summed E-state index contributed by atoms with van der Waals surface area (Å²) in [5.41, 5.74) is 3.88. The van der Waals surface area contributed by atoms with Crippen molar-refractivity contribution in [1.82, 2.24) is 0 Å². The number of aliphatic hydroxyl groups excluding tert-OH is 3. The van der Waals surface area contributed by atoms with Crippen molar-refractivity contribution in [3.63, 3.8) is 0 Å². The molecule has 10 aromatic carbocycles. The molecule has 10 rings (SSSR count). The summed E-state index contributed by atoms with van der Waals surface area (Å²) in [4.78, 5) is 0.530. The lowest BCUT2D eigenvalue weighted by Crippen LogP contribution is -2.22. The van der Waals surface area contributed by atoms with Crippen molar-refractivity contribution in [3.05, 3.63) is 235 Å². The van der Waals surface area contributed by atoms with Gasteiger partial charge >= 0.3 is 0 Å². The maximum absolute atomic E-state index is 12.3. The van der Waals surface area contributed by atoms with E-state index in [-0.39, 0.29) is 16.7 Å². The average Bonchev–Trinajstić information content (AvgIpc) is 3.65. The maximum Gasteiger partial charge on any atom is 0.186 e. The molecule has 0 aromatic heterocycles. The molecule has 0 aliphatic heterocycles. The van der Waals surface area contributed by atoms with Crippen LogP contribution in [-0.2, 0) is 0 Å². The van der Waals surface area contributed by atoms with Crippen molar-refractivity contribution >= 4 is 16.9 Å². The largest absolute Gasteiger partial charge is 0.507 e. The quantitative estimate of drug-likeness (QED) is 0.0171. The topological polar surface area (TPSA) is 226 Å². The Labute approximate surface area is 454 Å². The molecule has 12 heteroatoms. The number of phenols is 8. The first kappa shape index (κ1) is 51.3. The molecule has 0 heterocycles. The van der Waals surface area contributed by atoms with Crippen LogP contribution in [0.5, 0.6) is 46.0 Å². The van der Waals surface area contributed by atoms with Gasteiger partial charge in [0.25, 0.3) is 0 Å². The molecular formula is C67H49NO11. The Kier molecular flexibility index (Phi) is 14.0. The number of terminal acetylenes is 1. The van der Waals surface area contributed by atoms with Crippen LogP contribution in [0.25, 0.3) is 83.5 Å². The fourth-order valence-corrected chi connectivity index (χ4v) is 9.72. The van der Waals surface area contributed by atoms with Crippen molar-refractivity contribution in [2.24, 2.45) is 0 Å². The Morgan fingerprint density at radius 1 is 0.329 bits per heavy atom. The van der Waals surface area contributed by atoms with Gasteiger partial charge in [0.05, 0.1) is 23.2 Å². The number of hydrogen-bond acceptors (Lipinski definition) is 12. The van der Waals surface area contributed by atoms with E-state index in [1.807, 2.05) is 164 Å². The van der Waals surface area contributed by atoms with Gasteiger partial charge in [0.1, 0.15) is 11.4 Å². The molecule has 12 nitrogen and oxygen atoms in total.